The molecule has 1 heterocycles. The molecule has 18 heavy (non-hydrogen) atoms. The van der Waals surface area contributed by atoms with Gasteiger partial charge in [-0.25, -0.2) is 13.8 Å². The maximum atomic E-state index is 13.7. The van der Waals surface area contributed by atoms with E-state index in [0.717, 1.165) is 12.1 Å². The highest BCUT2D eigenvalue weighted by atomic mass is 35.5. The number of hydrogen-bond acceptors (Lipinski definition) is 2. The van der Waals surface area contributed by atoms with Gasteiger partial charge in [0.1, 0.15) is 17.2 Å². The van der Waals surface area contributed by atoms with E-state index in [0.29, 0.717) is 0 Å². The first kappa shape index (κ1) is 13.0. The third-order valence-electron chi connectivity index (χ3n) is 2.66. The number of benzene rings is 1. The van der Waals surface area contributed by atoms with Crippen LogP contribution >= 0.6 is 11.6 Å². The Balaban J connectivity index is 2.36. The summed E-state index contributed by atoms with van der Waals surface area (Å²) in [4.78, 5) is 3.83. The molecule has 2 rings (SSSR count). The minimum absolute atomic E-state index is 0.0346. The summed E-state index contributed by atoms with van der Waals surface area (Å²) in [5.41, 5.74) is -1.65. The van der Waals surface area contributed by atoms with Crippen molar-refractivity contribution in [2.45, 2.75) is 12.1 Å². The number of alkyl halides is 1. The average Bonchev–Trinajstić information content (AvgIpc) is 2.81. The number of imidazole rings is 1. The molecule has 0 spiro atoms. The Bertz CT molecular complexity index is 533. The van der Waals surface area contributed by atoms with Crippen LogP contribution in [0.15, 0.2) is 36.9 Å². The van der Waals surface area contributed by atoms with Gasteiger partial charge in [0.25, 0.3) is 0 Å². The molecule has 1 atom stereocenters. The van der Waals surface area contributed by atoms with Gasteiger partial charge in [-0.3, -0.25) is 0 Å². The fourth-order valence-corrected chi connectivity index (χ4v) is 1.98. The highest BCUT2D eigenvalue weighted by Crippen LogP contribution is 2.27. The van der Waals surface area contributed by atoms with Crippen molar-refractivity contribution in [2.75, 3.05) is 5.88 Å². The van der Waals surface area contributed by atoms with Crippen molar-refractivity contribution in [3.63, 3.8) is 0 Å². The zero-order valence-electron chi connectivity index (χ0n) is 9.35. The van der Waals surface area contributed by atoms with Gasteiger partial charge in [0.15, 0.2) is 0 Å². The summed E-state index contributed by atoms with van der Waals surface area (Å²) in [5, 5.41) is 10.4. The largest absolute Gasteiger partial charge is 0.382 e. The predicted octanol–water partition coefficient (Wildman–Crippen LogP) is 2.29. The molecule has 6 heteroatoms. The van der Waals surface area contributed by atoms with Crippen molar-refractivity contribution in [2.24, 2.45) is 0 Å². The van der Waals surface area contributed by atoms with Crippen molar-refractivity contribution >= 4 is 11.6 Å². The molecule has 1 aromatic carbocycles. The van der Waals surface area contributed by atoms with Gasteiger partial charge in [-0.15, -0.1) is 11.6 Å². The molecular formula is C12H11ClF2N2O. The molecule has 0 saturated heterocycles. The van der Waals surface area contributed by atoms with Crippen LogP contribution in [0.2, 0.25) is 0 Å². The minimum Gasteiger partial charge on any atom is -0.382 e. The molecule has 0 bridgehead atoms. The van der Waals surface area contributed by atoms with Crippen LogP contribution in [0.5, 0.6) is 0 Å². The molecule has 0 saturated carbocycles. The number of rotatable bonds is 4. The number of nitrogens with zero attached hydrogens (tertiary/aromatic N) is 2. The Morgan fingerprint density at radius 3 is 2.72 bits per heavy atom. The summed E-state index contributed by atoms with van der Waals surface area (Å²) in [5.74, 6) is -1.73. The Morgan fingerprint density at radius 1 is 1.39 bits per heavy atom. The summed E-state index contributed by atoms with van der Waals surface area (Å²) in [7, 11) is 0. The zero-order valence-corrected chi connectivity index (χ0v) is 10.1. The van der Waals surface area contributed by atoms with E-state index >= 15 is 0 Å². The molecule has 0 radical (unpaired) electrons. The maximum absolute atomic E-state index is 13.7. The average molecular weight is 273 g/mol. The topological polar surface area (TPSA) is 38.0 Å². The smallest absolute Gasteiger partial charge is 0.132 e. The Morgan fingerprint density at radius 2 is 2.17 bits per heavy atom. The van der Waals surface area contributed by atoms with Crippen molar-refractivity contribution in [1.29, 1.82) is 0 Å². The highest BCUT2D eigenvalue weighted by Gasteiger charge is 2.32. The molecule has 1 N–H and O–H groups in total. The molecular weight excluding hydrogens is 262 g/mol. The maximum Gasteiger partial charge on any atom is 0.132 e. The number of aromatic nitrogens is 2. The summed E-state index contributed by atoms with van der Waals surface area (Å²) in [6, 6.07) is 3.01. The monoisotopic (exact) mass is 272 g/mol. The first-order valence-electron chi connectivity index (χ1n) is 5.25. The molecule has 2 aromatic rings. The van der Waals surface area contributed by atoms with E-state index in [-0.39, 0.29) is 18.0 Å². The second-order valence-electron chi connectivity index (χ2n) is 4.02. The molecule has 0 aliphatic carbocycles. The molecule has 1 aromatic heterocycles. The van der Waals surface area contributed by atoms with Crippen LogP contribution in [0.1, 0.15) is 5.56 Å². The first-order valence-corrected chi connectivity index (χ1v) is 5.78. The van der Waals surface area contributed by atoms with Gasteiger partial charge in [-0.1, -0.05) is 6.07 Å². The van der Waals surface area contributed by atoms with Crippen molar-refractivity contribution < 1.29 is 13.9 Å². The minimum atomic E-state index is -1.61. The van der Waals surface area contributed by atoms with Crippen LogP contribution in [-0.4, -0.2) is 20.5 Å². The lowest BCUT2D eigenvalue weighted by atomic mass is 9.95. The van der Waals surface area contributed by atoms with Gasteiger partial charge in [0.05, 0.1) is 18.8 Å². The Labute approximate surface area is 108 Å². The molecule has 96 valence electrons. The summed E-state index contributed by atoms with van der Waals surface area (Å²) >= 11 is 5.73. The van der Waals surface area contributed by atoms with E-state index < -0.39 is 17.2 Å². The third kappa shape index (κ3) is 2.52. The van der Waals surface area contributed by atoms with Crippen LogP contribution in [0.3, 0.4) is 0 Å². The second kappa shape index (κ2) is 5.04. The van der Waals surface area contributed by atoms with Gasteiger partial charge in [-0.2, -0.15) is 0 Å². The van der Waals surface area contributed by atoms with Crippen LogP contribution in [-0.2, 0) is 12.1 Å². The van der Waals surface area contributed by atoms with Gasteiger partial charge < -0.3 is 9.67 Å². The normalized spacial score (nSPS) is 14.4. The summed E-state index contributed by atoms with van der Waals surface area (Å²) < 4.78 is 28.1. The Hall–Kier alpha value is -1.46. The summed E-state index contributed by atoms with van der Waals surface area (Å²) in [6.07, 6.45) is 4.65. The van der Waals surface area contributed by atoms with Crippen LogP contribution < -0.4 is 0 Å². The third-order valence-corrected chi connectivity index (χ3v) is 3.10. The van der Waals surface area contributed by atoms with E-state index in [1.807, 2.05) is 0 Å². The second-order valence-corrected chi connectivity index (χ2v) is 4.29. The van der Waals surface area contributed by atoms with Crippen LogP contribution in [0.4, 0.5) is 8.78 Å². The first-order chi connectivity index (χ1) is 8.55. The lowest BCUT2D eigenvalue weighted by molar-refractivity contribution is 0.0383. The predicted molar refractivity (Wildman–Crippen MR) is 63.2 cm³/mol. The van der Waals surface area contributed by atoms with Crippen molar-refractivity contribution in [1.82, 2.24) is 9.55 Å². The quantitative estimate of drug-likeness (QED) is 0.867. The molecule has 0 aliphatic heterocycles. The van der Waals surface area contributed by atoms with E-state index in [4.69, 9.17) is 11.6 Å². The van der Waals surface area contributed by atoms with Gasteiger partial charge in [-0.05, 0) is 6.07 Å². The molecule has 0 aliphatic rings. The number of halogens is 3. The molecule has 0 fully saturated rings. The van der Waals surface area contributed by atoms with Gasteiger partial charge in [0.2, 0.25) is 0 Å². The molecule has 1 unspecified atom stereocenters. The van der Waals surface area contributed by atoms with Crippen molar-refractivity contribution in [3.05, 3.63) is 54.1 Å². The standard InChI is InChI=1S/C12H11ClF2N2O/c13-6-12(18,7-17-4-3-16-8-17)10-2-1-9(14)5-11(10)15/h1-5,8,18H,6-7H2. The van der Waals surface area contributed by atoms with E-state index in [9.17, 15) is 13.9 Å². The van der Waals surface area contributed by atoms with E-state index in [1.54, 1.807) is 10.8 Å². The summed E-state index contributed by atoms with van der Waals surface area (Å²) in [6.45, 7) is 0.0407. The van der Waals surface area contributed by atoms with E-state index in [1.165, 1.54) is 18.6 Å². The highest BCUT2D eigenvalue weighted by molar-refractivity contribution is 6.18. The lowest BCUT2D eigenvalue weighted by Gasteiger charge is -2.27. The fourth-order valence-electron chi connectivity index (χ4n) is 1.75. The van der Waals surface area contributed by atoms with Crippen LogP contribution in [0, 0.1) is 11.6 Å². The molecule has 3 nitrogen and oxygen atoms in total. The molecule has 0 amide bonds. The number of hydrogen-bond donors (Lipinski definition) is 1. The Kier molecular flexibility index (Phi) is 3.63. The van der Waals surface area contributed by atoms with Crippen molar-refractivity contribution in [3.8, 4) is 0 Å². The zero-order chi connectivity index (χ0) is 13.2. The van der Waals surface area contributed by atoms with E-state index in [2.05, 4.69) is 4.98 Å². The van der Waals surface area contributed by atoms with Gasteiger partial charge >= 0.3 is 0 Å². The fraction of sp³-hybridized carbons (Fsp3) is 0.250. The number of aliphatic hydroxyl groups is 1. The SMILES string of the molecule is OC(CCl)(Cn1ccnc1)c1ccc(F)cc1F. The van der Waals surface area contributed by atoms with Gasteiger partial charge in [0, 0.05) is 24.0 Å². The van der Waals surface area contributed by atoms with Crippen LogP contribution in [0.25, 0.3) is 0 Å². The lowest BCUT2D eigenvalue weighted by Crippen LogP contribution is -2.34.